The van der Waals surface area contributed by atoms with Crippen LogP contribution in [0, 0.1) is 6.92 Å². The van der Waals surface area contributed by atoms with E-state index < -0.39 is 33.8 Å². The van der Waals surface area contributed by atoms with Gasteiger partial charge in [0.05, 0.1) is 18.6 Å². The number of nitrogens with two attached hydrogens (primary N) is 1. The zero-order valence-corrected chi connectivity index (χ0v) is 28.8. The number of benzene rings is 4. The number of carbonyl (C=O) groups is 3. The highest BCUT2D eigenvalue weighted by Gasteiger charge is 2.20. The molecule has 4 aromatic carbocycles. The number of anilines is 2. The average molecular weight is 703 g/mol. The summed E-state index contributed by atoms with van der Waals surface area (Å²) >= 11 is 0. The van der Waals surface area contributed by atoms with Crippen LogP contribution >= 0.6 is 0 Å². The first-order chi connectivity index (χ1) is 23.9. The number of hydrogen-bond acceptors (Lipinski definition) is 8. The molecular weight excluding hydrogens is 660 g/mol. The van der Waals surface area contributed by atoms with Gasteiger partial charge in [-0.05, 0) is 85.0 Å². The van der Waals surface area contributed by atoms with Gasteiger partial charge in [0.1, 0.15) is 23.3 Å². The van der Waals surface area contributed by atoms with Crippen LogP contribution in [0.5, 0.6) is 17.2 Å². The molecule has 4 aromatic rings. The number of nitrogens with one attached hydrogen (secondary N) is 2. The van der Waals surface area contributed by atoms with E-state index in [1.165, 1.54) is 0 Å². The Morgan fingerprint density at radius 3 is 2.02 bits per heavy atom. The molecule has 12 nitrogen and oxygen atoms in total. The molecule has 264 valence electrons. The van der Waals surface area contributed by atoms with Crippen molar-refractivity contribution < 1.29 is 37.4 Å². The van der Waals surface area contributed by atoms with Gasteiger partial charge in [0, 0.05) is 31.6 Å². The van der Waals surface area contributed by atoms with Crippen LogP contribution in [-0.4, -0.2) is 50.2 Å². The Bertz CT molecular complexity index is 1850. The number of rotatable bonds is 19. The molecule has 0 unspecified atom stereocenters. The van der Waals surface area contributed by atoms with Gasteiger partial charge in [0.25, 0.3) is 0 Å². The lowest BCUT2D eigenvalue weighted by Crippen LogP contribution is -2.41. The predicted octanol–water partition coefficient (Wildman–Crippen LogP) is 5.36. The first-order valence-corrected chi connectivity index (χ1v) is 17.9. The highest BCUT2D eigenvalue weighted by molar-refractivity contribution is 7.92. The molecule has 0 saturated carbocycles. The summed E-state index contributed by atoms with van der Waals surface area (Å²) in [5.41, 5.74) is 9.50. The first kappa shape index (κ1) is 37.3. The molecule has 0 aliphatic rings. The van der Waals surface area contributed by atoms with E-state index in [1.807, 2.05) is 61.5 Å². The summed E-state index contributed by atoms with van der Waals surface area (Å²) in [5.74, 6) is -0.462. The van der Waals surface area contributed by atoms with Gasteiger partial charge >= 0.3 is 5.97 Å². The van der Waals surface area contributed by atoms with Crippen molar-refractivity contribution in [3.63, 3.8) is 0 Å². The number of hydrogen-bond donors (Lipinski definition) is 4. The van der Waals surface area contributed by atoms with Gasteiger partial charge in [-0.25, -0.2) is 13.2 Å². The molecule has 0 radical (unpaired) electrons. The summed E-state index contributed by atoms with van der Waals surface area (Å²) in [6, 6.07) is 29.3. The fourth-order valence-corrected chi connectivity index (χ4v) is 5.78. The number of primary amides is 1. The number of nitrogens with zero attached hydrogens (tertiary/aromatic N) is 1. The van der Waals surface area contributed by atoms with E-state index >= 15 is 0 Å². The van der Waals surface area contributed by atoms with Gasteiger partial charge in [-0.2, -0.15) is 0 Å². The standard InChI is InChI=1S/C37H42N4O8S/c1-26-32(40-50(2,46)47)10-6-11-34(26)41(24-27-8-4-3-5-9-27)25-28-13-15-30(16-14-28)49-31-19-17-29(18-20-31)48-23-7-12-36(43)39-33(37(44)45)21-22-35(38)42/h3-6,8-11,13-20,33,40H,7,12,21-25H2,1-2H3,(H2,38,42)(H,39,43)(H,44,45)/t33-/m0/s1. The van der Waals surface area contributed by atoms with E-state index in [1.54, 1.807) is 30.3 Å². The SMILES string of the molecule is Cc1c(NS(C)(=O)=O)cccc1N(Cc1ccccc1)Cc1ccc(Oc2ccc(OCCCC(=O)N[C@@H](CCC(N)=O)C(=O)O)cc2)cc1. The fourth-order valence-electron chi connectivity index (χ4n) is 5.16. The Balaban J connectivity index is 1.32. The van der Waals surface area contributed by atoms with Crippen LogP contribution < -0.4 is 30.1 Å². The van der Waals surface area contributed by atoms with Crippen molar-refractivity contribution in [3.8, 4) is 17.2 Å². The van der Waals surface area contributed by atoms with Crippen molar-refractivity contribution >= 4 is 39.2 Å². The Labute approximate surface area is 292 Å². The maximum atomic E-state index is 12.1. The van der Waals surface area contributed by atoms with Crippen molar-refractivity contribution in [2.75, 3.05) is 22.5 Å². The smallest absolute Gasteiger partial charge is 0.326 e. The molecule has 1 atom stereocenters. The van der Waals surface area contributed by atoms with Crippen LogP contribution in [0.15, 0.2) is 97.1 Å². The fraction of sp³-hybridized carbons (Fsp3) is 0.270. The summed E-state index contributed by atoms with van der Waals surface area (Å²) in [4.78, 5) is 36.6. The van der Waals surface area contributed by atoms with Crippen LogP contribution in [0.4, 0.5) is 11.4 Å². The molecule has 0 aliphatic heterocycles. The van der Waals surface area contributed by atoms with Gasteiger partial charge < -0.3 is 30.5 Å². The average Bonchev–Trinajstić information content (AvgIpc) is 3.07. The molecule has 0 aliphatic carbocycles. The largest absolute Gasteiger partial charge is 0.494 e. The molecule has 0 heterocycles. The summed E-state index contributed by atoms with van der Waals surface area (Å²) in [6.45, 7) is 3.34. The number of ether oxygens (including phenoxy) is 2. The number of amides is 2. The third-order valence-electron chi connectivity index (χ3n) is 7.64. The van der Waals surface area contributed by atoms with E-state index in [-0.39, 0.29) is 25.9 Å². The molecular formula is C37H42N4O8S. The molecule has 0 bridgehead atoms. The van der Waals surface area contributed by atoms with Crippen LogP contribution in [0.1, 0.15) is 42.4 Å². The van der Waals surface area contributed by atoms with Crippen LogP contribution in [-0.2, 0) is 37.5 Å². The molecule has 0 fully saturated rings. The molecule has 0 saturated heterocycles. The monoisotopic (exact) mass is 702 g/mol. The van der Waals surface area contributed by atoms with Crippen molar-refractivity contribution in [1.29, 1.82) is 0 Å². The molecule has 4 rings (SSSR count). The minimum absolute atomic E-state index is 0.0634. The Kier molecular flexibility index (Phi) is 13.2. The van der Waals surface area contributed by atoms with Crippen molar-refractivity contribution in [3.05, 3.63) is 114 Å². The second-order valence-electron chi connectivity index (χ2n) is 11.8. The van der Waals surface area contributed by atoms with Gasteiger partial charge in [-0.3, -0.25) is 14.3 Å². The van der Waals surface area contributed by atoms with Gasteiger partial charge in [0.15, 0.2) is 0 Å². The van der Waals surface area contributed by atoms with Crippen LogP contribution in [0.2, 0.25) is 0 Å². The zero-order valence-electron chi connectivity index (χ0n) is 28.0. The van der Waals surface area contributed by atoms with Crippen molar-refractivity contribution in [2.45, 2.75) is 51.7 Å². The highest BCUT2D eigenvalue weighted by atomic mass is 32.2. The summed E-state index contributed by atoms with van der Waals surface area (Å²) in [6.07, 6.45) is 1.37. The lowest BCUT2D eigenvalue weighted by Gasteiger charge is -2.28. The van der Waals surface area contributed by atoms with Crippen LogP contribution in [0.25, 0.3) is 0 Å². The third-order valence-corrected chi connectivity index (χ3v) is 8.23. The third kappa shape index (κ3) is 12.2. The van der Waals surface area contributed by atoms with E-state index in [4.69, 9.17) is 15.2 Å². The molecule has 50 heavy (non-hydrogen) atoms. The zero-order chi connectivity index (χ0) is 36.1. The van der Waals surface area contributed by atoms with Crippen molar-refractivity contribution in [2.24, 2.45) is 5.73 Å². The van der Waals surface area contributed by atoms with E-state index in [0.717, 1.165) is 28.6 Å². The molecule has 2 amide bonds. The number of carbonyl (C=O) groups excluding carboxylic acids is 2. The van der Waals surface area contributed by atoms with E-state index in [9.17, 15) is 27.9 Å². The van der Waals surface area contributed by atoms with Gasteiger partial charge in [-0.15, -0.1) is 0 Å². The number of aliphatic carboxylic acids is 1. The highest BCUT2D eigenvalue weighted by Crippen LogP contribution is 2.31. The van der Waals surface area contributed by atoms with Crippen molar-refractivity contribution in [1.82, 2.24) is 5.32 Å². The Morgan fingerprint density at radius 2 is 1.42 bits per heavy atom. The first-order valence-electron chi connectivity index (χ1n) is 16.0. The minimum atomic E-state index is -3.44. The van der Waals surface area contributed by atoms with E-state index in [2.05, 4.69) is 27.1 Å². The molecule has 0 spiro atoms. The normalized spacial score (nSPS) is 11.6. The van der Waals surface area contributed by atoms with Crippen LogP contribution in [0.3, 0.4) is 0 Å². The predicted molar refractivity (Wildman–Crippen MR) is 192 cm³/mol. The summed E-state index contributed by atoms with van der Waals surface area (Å²) in [5, 5.41) is 11.6. The maximum Gasteiger partial charge on any atom is 0.326 e. The number of carboxylic acids is 1. The minimum Gasteiger partial charge on any atom is -0.494 e. The quantitative estimate of drug-likeness (QED) is 0.0937. The molecule has 0 aromatic heterocycles. The number of carboxylic acid groups (broad SMARTS) is 1. The Morgan fingerprint density at radius 1 is 0.820 bits per heavy atom. The topological polar surface area (TPSA) is 177 Å². The number of sulfonamides is 1. The second-order valence-corrected chi connectivity index (χ2v) is 13.5. The van der Waals surface area contributed by atoms with E-state index in [0.29, 0.717) is 42.4 Å². The summed E-state index contributed by atoms with van der Waals surface area (Å²) in [7, 11) is -3.44. The maximum absolute atomic E-state index is 12.1. The lowest BCUT2D eigenvalue weighted by atomic mass is 10.1. The lowest BCUT2D eigenvalue weighted by molar-refractivity contribution is -0.142. The second kappa shape index (κ2) is 17.7. The summed E-state index contributed by atoms with van der Waals surface area (Å²) < 4.78 is 38.3. The Hall–Kier alpha value is -5.56. The molecule has 13 heteroatoms. The van der Waals surface area contributed by atoms with Gasteiger partial charge in [0.2, 0.25) is 21.8 Å². The molecule has 5 N–H and O–H groups in total. The van der Waals surface area contributed by atoms with Gasteiger partial charge in [-0.1, -0.05) is 48.5 Å².